The third-order valence-electron chi connectivity index (χ3n) is 4.80. The zero-order chi connectivity index (χ0) is 16.5. The van der Waals surface area contributed by atoms with Crippen molar-refractivity contribution in [3.63, 3.8) is 0 Å². The molecular formula is C20H20ClN3S. The highest BCUT2D eigenvalue weighted by atomic mass is 35.5. The van der Waals surface area contributed by atoms with Gasteiger partial charge in [0.25, 0.3) is 0 Å². The molecule has 2 N–H and O–H groups in total. The van der Waals surface area contributed by atoms with E-state index in [1.807, 2.05) is 30.3 Å². The van der Waals surface area contributed by atoms with Crippen molar-refractivity contribution < 1.29 is 0 Å². The number of benzene rings is 1. The molecule has 0 fully saturated rings. The summed E-state index contributed by atoms with van der Waals surface area (Å²) < 4.78 is 0. The molecule has 4 rings (SSSR count). The van der Waals surface area contributed by atoms with Gasteiger partial charge >= 0.3 is 0 Å². The molecule has 0 aliphatic heterocycles. The molecule has 5 heteroatoms. The molecule has 2 aromatic heterocycles. The molecule has 0 unspecified atom stereocenters. The van der Waals surface area contributed by atoms with Crippen LogP contribution in [0.5, 0.6) is 0 Å². The second-order valence-corrected chi connectivity index (χ2v) is 7.41. The maximum absolute atomic E-state index is 9.70. The highest BCUT2D eigenvalue weighted by molar-refractivity contribution is 7.19. The van der Waals surface area contributed by atoms with E-state index in [9.17, 15) is 5.26 Å². The number of halogens is 1. The number of rotatable bonds is 1. The van der Waals surface area contributed by atoms with E-state index in [2.05, 4.69) is 6.07 Å². The van der Waals surface area contributed by atoms with Gasteiger partial charge in [0.1, 0.15) is 16.5 Å². The zero-order valence-corrected chi connectivity index (χ0v) is 15.6. The molecule has 0 spiro atoms. The topological polar surface area (TPSA) is 62.7 Å². The first-order valence-electron chi connectivity index (χ1n) is 8.49. The fourth-order valence-electron chi connectivity index (χ4n) is 3.59. The van der Waals surface area contributed by atoms with Gasteiger partial charge in [0.2, 0.25) is 0 Å². The summed E-state index contributed by atoms with van der Waals surface area (Å²) in [5.74, 6) is 0. The molecule has 1 aromatic carbocycles. The predicted molar refractivity (Wildman–Crippen MR) is 107 cm³/mol. The van der Waals surface area contributed by atoms with Gasteiger partial charge in [-0.05, 0) is 31.2 Å². The number of anilines is 1. The summed E-state index contributed by atoms with van der Waals surface area (Å²) in [4.78, 5) is 7.26. The van der Waals surface area contributed by atoms with Gasteiger partial charge < -0.3 is 5.73 Å². The zero-order valence-electron chi connectivity index (χ0n) is 13.9. The first-order valence-corrected chi connectivity index (χ1v) is 9.30. The molecule has 0 bridgehead atoms. The summed E-state index contributed by atoms with van der Waals surface area (Å²) in [6.07, 6.45) is 7.17. The van der Waals surface area contributed by atoms with E-state index >= 15 is 0 Å². The third kappa shape index (κ3) is 3.10. The van der Waals surface area contributed by atoms with E-state index in [4.69, 9.17) is 10.7 Å². The van der Waals surface area contributed by atoms with Gasteiger partial charge in [-0.15, -0.1) is 23.7 Å². The van der Waals surface area contributed by atoms with E-state index in [0.717, 1.165) is 28.6 Å². The van der Waals surface area contributed by atoms with Crippen molar-refractivity contribution in [3.05, 3.63) is 46.3 Å². The Labute approximate surface area is 157 Å². The number of hydrogen-bond donors (Lipinski definition) is 1. The van der Waals surface area contributed by atoms with Gasteiger partial charge in [0.05, 0.1) is 11.4 Å². The molecule has 0 amide bonds. The number of aromatic nitrogens is 1. The summed E-state index contributed by atoms with van der Waals surface area (Å²) in [5.41, 5.74) is 10.6. The largest absolute Gasteiger partial charge is 0.397 e. The maximum Gasteiger partial charge on any atom is 0.126 e. The van der Waals surface area contributed by atoms with Crippen LogP contribution in [0.2, 0.25) is 0 Å². The number of thiophene rings is 1. The minimum Gasteiger partial charge on any atom is -0.397 e. The van der Waals surface area contributed by atoms with Gasteiger partial charge in [0.15, 0.2) is 0 Å². The van der Waals surface area contributed by atoms with Gasteiger partial charge in [0, 0.05) is 15.8 Å². The molecule has 2 heterocycles. The van der Waals surface area contributed by atoms with Crippen molar-refractivity contribution in [2.45, 2.75) is 38.5 Å². The van der Waals surface area contributed by atoms with Gasteiger partial charge in [-0.2, -0.15) is 5.26 Å². The fraction of sp³-hybridized carbons (Fsp3) is 0.300. The molecule has 0 saturated carbocycles. The van der Waals surface area contributed by atoms with Crippen molar-refractivity contribution >= 4 is 39.6 Å². The average Bonchev–Trinajstić information content (AvgIpc) is 2.92. The quantitative estimate of drug-likeness (QED) is 0.616. The Hall–Kier alpha value is -2.09. The Morgan fingerprint density at radius 2 is 1.76 bits per heavy atom. The molecule has 3 nitrogen and oxygen atoms in total. The van der Waals surface area contributed by atoms with E-state index in [-0.39, 0.29) is 12.4 Å². The fourth-order valence-corrected chi connectivity index (χ4v) is 4.87. The van der Waals surface area contributed by atoms with E-state index in [0.29, 0.717) is 16.9 Å². The van der Waals surface area contributed by atoms with E-state index in [1.165, 1.54) is 36.1 Å². The second kappa shape index (κ2) is 7.43. The Kier molecular flexibility index (Phi) is 5.27. The number of nitrogen functional groups attached to an aromatic ring is 1. The maximum atomic E-state index is 9.70. The number of hydrogen-bond acceptors (Lipinski definition) is 4. The summed E-state index contributed by atoms with van der Waals surface area (Å²) in [6.45, 7) is 0. The van der Waals surface area contributed by atoms with Crippen molar-refractivity contribution in [2.75, 3.05) is 5.73 Å². The summed E-state index contributed by atoms with van der Waals surface area (Å²) >= 11 is 1.76. The van der Waals surface area contributed by atoms with Crippen LogP contribution in [0.15, 0.2) is 30.3 Å². The lowest BCUT2D eigenvalue weighted by Gasteiger charge is -2.11. The number of pyridine rings is 1. The van der Waals surface area contributed by atoms with Crippen molar-refractivity contribution in [1.29, 1.82) is 5.26 Å². The van der Waals surface area contributed by atoms with Crippen LogP contribution in [0.1, 0.15) is 41.7 Å². The van der Waals surface area contributed by atoms with Crippen LogP contribution in [-0.2, 0) is 12.8 Å². The first kappa shape index (κ1) is 17.7. The highest BCUT2D eigenvalue weighted by Crippen LogP contribution is 2.41. The van der Waals surface area contributed by atoms with Crippen LogP contribution in [-0.4, -0.2) is 4.98 Å². The lowest BCUT2D eigenvalue weighted by molar-refractivity contribution is 0.624. The third-order valence-corrected chi connectivity index (χ3v) is 5.99. The molecule has 25 heavy (non-hydrogen) atoms. The molecule has 0 saturated heterocycles. The standard InChI is InChI=1S/C20H19N3S.ClH/c21-12-15-18(22)17-14-10-6-1-2-7-11-16(14)24-20(17)23-19(15)13-8-4-3-5-9-13;/h3-5,8-9H,1-2,6-7,10-11H2,(H2,22,23);1H. The first-order chi connectivity index (χ1) is 11.8. The number of fused-ring (bicyclic) bond motifs is 3. The van der Waals surface area contributed by atoms with Gasteiger partial charge in [-0.25, -0.2) is 4.98 Å². The average molecular weight is 370 g/mol. The summed E-state index contributed by atoms with van der Waals surface area (Å²) in [6, 6.07) is 12.2. The molecular weight excluding hydrogens is 350 g/mol. The Bertz CT molecular complexity index is 941. The molecule has 1 aliphatic rings. The smallest absolute Gasteiger partial charge is 0.126 e. The number of nitrogens with zero attached hydrogens (tertiary/aromatic N) is 2. The van der Waals surface area contributed by atoms with Crippen molar-refractivity contribution in [3.8, 4) is 17.3 Å². The highest BCUT2D eigenvalue weighted by Gasteiger charge is 2.21. The normalized spacial score (nSPS) is 14.0. The van der Waals surface area contributed by atoms with Crippen LogP contribution < -0.4 is 5.73 Å². The van der Waals surface area contributed by atoms with E-state index < -0.39 is 0 Å². The van der Waals surface area contributed by atoms with Crippen LogP contribution in [0, 0.1) is 11.3 Å². The van der Waals surface area contributed by atoms with Gasteiger partial charge in [-0.3, -0.25) is 0 Å². The monoisotopic (exact) mass is 369 g/mol. The van der Waals surface area contributed by atoms with Crippen molar-refractivity contribution in [2.24, 2.45) is 0 Å². The summed E-state index contributed by atoms with van der Waals surface area (Å²) in [7, 11) is 0. The molecule has 1 aliphatic carbocycles. The minimum atomic E-state index is 0. The number of nitrogens with two attached hydrogens (primary N) is 1. The lowest BCUT2D eigenvalue weighted by Crippen LogP contribution is -2.01. The summed E-state index contributed by atoms with van der Waals surface area (Å²) in [5, 5.41) is 10.7. The minimum absolute atomic E-state index is 0. The van der Waals surface area contributed by atoms with Crippen LogP contribution in [0.25, 0.3) is 21.5 Å². The van der Waals surface area contributed by atoms with Crippen LogP contribution >= 0.6 is 23.7 Å². The van der Waals surface area contributed by atoms with Crippen molar-refractivity contribution in [1.82, 2.24) is 4.98 Å². The molecule has 0 atom stereocenters. The number of aryl methyl sites for hydroxylation is 2. The van der Waals surface area contributed by atoms with Crippen LogP contribution in [0.4, 0.5) is 5.69 Å². The van der Waals surface area contributed by atoms with Gasteiger partial charge in [-0.1, -0.05) is 43.2 Å². The molecule has 0 radical (unpaired) electrons. The molecule has 3 aromatic rings. The second-order valence-electron chi connectivity index (χ2n) is 6.33. The Morgan fingerprint density at radius 3 is 2.48 bits per heavy atom. The lowest BCUT2D eigenvalue weighted by atomic mass is 9.95. The Morgan fingerprint density at radius 1 is 1.04 bits per heavy atom. The van der Waals surface area contributed by atoms with E-state index in [1.54, 1.807) is 11.3 Å². The SMILES string of the molecule is Cl.N#Cc1c(-c2ccccc2)nc2sc3c(c2c1N)CCCCCC3. The molecule has 128 valence electrons. The predicted octanol–water partition coefficient (Wildman–Crippen LogP) is 5.50. The Balaban J connectivity index is 0.00000182. The van der Waals surface area contributed by atoms with Crippen LogP contribution in [0.3, 0.4) is 0 Å². The number of nitriles is 1.